The van der Waals surface area contributed by atoms with Crippen molar-refractivity contribution in [2.45, 2.75) is 109 Å². The van der Waals surface area contributed by atoms with Crippen LogP contribution in [0.4, 0.5) is 0 Å². The fourth-order valence-corrected chi connectivity index (χ4v) is 6.40. The van der Waals surface area contributed by atoms with E-state index in [1.807, 2.05) is 44.2 Å². The van der Waals surface area contributed by atoms with Gasteiger partial charge in [-0.05, 0) is 36.7 Å². The standard InChI is InChI=1S/C34H58N4O7/c1-10-22(4)30(37(6)33(41)29(35)21(2)3)27(43-7)20-28(39)38-18-14-17-26(38)31(44-8)23(5)32(40)36-25(34(42)45-9)19-24-15-12-11-13-16-24/h11-13,15-16,21-23,25-27,29-31,34,42H,10,14,17-20,35H2,1-9H3,(H,36,40)/t22-,23+,25-,26-,27+,29-,30-,31+,34?/m0/s1. The Labute approximate surface area is 270 Å². The highest BCUT2D eigenvalue weighted by molar-refractivity contribution is 5.83. The number of nitrogens with one attached hydrogen (secondary N) is 1. The van der Waals surface area contributed by atoms with E-state index < -0.39 is 36.5 Å². The molecule has 0 aliphatic carbocycles. The maximum atomic E-state index is 13.9. The summed E-state index contributed by atoms with van der Waals surface area (Å²) in [5, 5.41) is 13.5. The lowest BCUT2D eigenvalue weighted by atomic mass is 9.89. The van der Waals surface area contributed by atoms with Crippen LogP contribution < -0.4 is 11.1 Å². The van der Waals surface area contributed by atoms with Crippen LogP contribution >= 0.6 is 0 Å². The lowest BCUT2D eigenvalue weighted by Crippen LogP contribution is -2.56. The van der Waals surface area contributed by atoms with Crippen molar-refractivity contribution in [3.63, 3.8) is 0 Å². The summed E-state index contributed by atoms with van der Waals surface area (Å²) in [6, 6.07) is 7.57. The molecule has 2 rings (SSSR count). The zero-order chi connectivity index (χ0) is 33.8. The minimum atomic E-state index is -1.20. The smallest absolute Gasteiger partial charge is 0.239 e. The van der Waals surface area contributed by atoms with Crippen LogP contribution in [-0.2, 0) is 35.0 Å². The molecule has 1 aromatic rings. The Balaban J connectivity index is 2.21. The summed E-state index contributed by atoms with van der Waals surface area (Å²) in [6.07, 6.45) is 0.396. The van der Waals surface area contributed by atoms with Crippen molar-refractivity contribution in [3.8, 4) is 0 Å². The lowest BCUT2D eigenvalue weighted by molar-refractivity contribution is -0.147. The number of likely N-dealkylation sites (tertiary alicyclic amines) is 1. The molecule has 1 heterocycles. The summed E-state index contributed by atoms with van der Waals surface area (Å²) in [7, 11) is 6.25. The third kappa shape index (κ3) is 10.2. The fraction of sp³-hybridized carbons (Fsp3) is 0.735. The van der Waals surface area contributed by atoms with Gasteiger partial charge in [0.2, 0.25) is 17.7 Å². The molecule has 4 N–H and O–H groups in total. The number of rotatable bonds is 18. The Kier molecular flexibility index (Phi) is 15.9. The van der Waals surface area contributed by atoms with Crippen LogP contribution in [0.15, 0.2) is 30.3 Å². The number of hydrogen-bond acceptors (Lipinski definition) is 8. The Hall–Kier alpha value is -2.57. The third-order valence-corrected chi connectivity index (χ3v) is 9.47. The predicted octanol–water partition coefficient (Wildman–Crippen LogP) is 2.58. The van der Waals surface area contributed by atoms with Crippen molar-refractivity contribution in [1.29, 1.82) is 0 Å². The number of nitrogens with zero attached hydrogens (tertiary/aromatic N) is 2. The summed E-state index contributed by atoms with van der Waals surface area (Å²) in [4.78, 5) is 44.1. The predicted molar refractivity (Wildman–Crippen MR) is 174 cm³/mol. The zero-order valence-electron chi connectivity index (χ0n) is 28.8. The largest absolute Gasteiger partial charge is 0.379 e. The van der Waals surface area contributed by atoms with Crippen LogP contribution in [0, 0.1) is 17.8 Å². The Morgan fingerprint density at radius 2 is 1.71 bits per heavy atom. The molecule has 0 radical (unpaired) electrons. The molecule has 11 heteroatoms. The van der Waals surface area contributed by atoms with E-state index in [1.165, 1.54) is 7.11 Å². The van der Waals surface area contributed by atoms with Crippen LogP contribution in [0.1, 0.15) is 65.9 Å². The lowest BCUT2D eigenvalue weighted by Gasteiger charge is -2.40. The summed E-state index contributed by atoms with van der Waals surface area (Å²) in [5.41, 5.74) is 7.17. The second-order valence-electron chi connectivity index (χ2n) is 12.8. The average Bonchev–Trinajstić information content (AvgIpc) is 3.52. The summed E-state index contributed by atoms with van der Waals surface area (Å²) >= 11 is 0. The highest BCUT2D eigenvalue weighted by Crippen LogP contribution is 2.29. The van der Waals surface area contributed by atoms with Gasteiger partial charge in [0, 0.05) is 34.9 Å². The molecule has 1 aliphatic heterocycles. The molecule has 1 aliphatic rings. The Bertz CT molecular complexity index is 1060. The van der Waals surface area contributed by atoms with Gasteiger partial charge in [0.25, 0.3) is 0 Å². The van der Waals surface area contributed by atoms with Gasteiger partial charge in [-0.15, -0.1) is 0 Å². The van der Waals surface area contributed by atoms with Gasteiger partial charge in [0.1, 0.15) is 0 Å². The second kappa shape index (κ2) is 18.5. The minimum absolute atomic E-state index is 0.0259. The van der Waals surface area contributed by atoms with E-state index in [4.69, 9.17) is 19.9 Å². The summed E-state index contributed by atoms with van der Waals surface area (Å²) in [6.45, 7) is 10.2. The molecule has 256 valence electrons. The van der Waals surface area contributed by atoms with Crippen LogP contribution in [0.2, 0.25) is 0 Å². The van der Waals surface area contributed by atoms with E-state index in [0.717, 1.165) is 18.4 Å². The first-order valence-corrected chi connectivity index (χ1v) is 16.2. The number of amides is 3. The van der Waals surface area contributed by atoms with Gasteiger partial charge in [-0.1, -0.05) is 71.4 Å². The van der Waals surface area contributed by atoms with Crippen LogP contribution in [0.3, 0.4) is 0 Å². The number of likely N-dealkylation sites (N-methyl/N-ethyl adjacent to an activating group) is 1. The molecule has 1 unspecified atom stereocenters. The minimum Gasteiger partial charge on any atom is -0.379 e. The molecule has 45 heavy (non-hydrogen) atoms. The Morgan fingerprint density at radius 3 is 2.24 bits per heavy atom. The summed E-state index contributed by atoms with van der Waals surface area (Å²) in [5.74, 6) is -1.17. The van der Waals surface area contributed by atoms with E-state index in [1.54, 1.807) is 38.0 Å². The van der Waals surface area contributed by atoms with E-state index in [9.17, 15) is 19.5 Å². The number of nitrogens with two attached hydrogens (primary N) is 1. The molecule has 0 aromatic heterocycles. The van der Waals surface area contributed by atoms with Crippen LogP contribution in [-0.4, -0.2) is 110 Å². The SMILES string of the molecule is CC[C@H](C)[C@@H]([C@@H](CC(=O)N1CCC[C@H]1[C@H](OC)[C@@H](C)C(=O)N[C@@H](Cc1ccccc1)C(O)OC)OC)N(C)C(=O)[C@@H](N)C(C)C. The molecule has 1 aromatic carbocycles. The monoisotopic (exact) mass is 634 g/mol. The van der Waals surface area contributed by atoms with Crippen molar-refractivity contribution < 1.29 is 33.7 Å². The number of aliphatic hydroxyl groups is 1. The number of carbonyl (C=O) groups excluding carboxylic acids is 3. The molecule has 11 nitrogen and oxygen atoms in total. The molecule has 1 saturated heterocycles. The number of benzene rings is 1. The maximum Gasteiger partial charge on any atom is 0.239 e. The number of hydrogen-bond donors (Lipinski definition) is 3. The molecule has 0 spiro atoms. The number of aliphatic hydroxyl groups excluding tert-OH is 1. The van der Waals surface area contributed by atoms with Gasteiger partial charge in [-0.3, -0.25) is 14.4 Å². The van der Waals surface area contributed by atoms with Gasteiger partial charge in [-0.2, -0.15) is 0 Å². The van der Waals surface area contributed by atoms with E-state index in [2.05, 4.69) is 19.2 Å². The fourth-order valence-electron chi connectivity index (χ4n) is 6.40. The van der Waals surface area contributed by atoms with Gasteiger partial charge >= 0.3 is 0 Å². The Morgan fingerprint density at radius 1 is 1.07 bits per heavy atom. The maximum absolute atomic E-state index is 13.9. The van der Waals surface area contributed by atoms with Gasteiger partial charge in [0.15, 0.2) is 6.29 Å². The van der Waals surface area contributed by atoms with Crippen molar-refractivity contribution in [2.75, 3.05) is 34.9 Å². The van der Waals surface area contributed by atoms with Crippen molar-refractivity contribution in [2.24, 2.45) is 23.5 Å². The molecular formula is C34H58N4O7. The average molecular weight is 635 g/mol. The molecular weight excluding hydrogens is 576 g/mol. The van der Waals surface area contributed by atoms with Crippen LogP contribution in [0.5, 0.6) is 0 Å². The quantitative estimate of drug-likeness (QED) is 0.209. The van der Waals surface area contributed by atoms with Crippen molar-refractivity contribution in [3.05, 3.63) is 35.9 Å². The van der Waals surface area contributed by atoms with Gasteiger partial charge < -0.3 is 40.2 Å². The normalized spacial score (nSPS) is 20.5. The first kappa shape index (κ1) is 38.6. The van der Waals surface area contributed by atoms with E-state index in [-0.39, 0.29) is 48.1 Å². The molecule has 9 atom stereocenters. The molecule has 0 saturated carbocycles. The van der Waals surface area contributed by atoms with Crippen molar-refractivity contribution >= 4 is 17.7 Å². The molecule has 1 fully saturated rings. The highest BCUT2D eigenvalue weighted by Gasteiger charge is 2.42. The van der Waals surface area contributed by atoms with E-state index in [0.29, 0.717) is 19.4 Å². The topological polar surface area (TPSA) is 144 Å². The number of carbonyl (C=O) groups is 3. The summed E-state index contributed by atoms with van der Waals surface area (Å²) < 4.78 is 16.9. The number of ether oxygens (including phenoxy) is 3. The van der Waals surface area contributed by atoms with E-state index >= 15 is 0 Å². The van der Waals surface area contributed by atoms with Crippen LogP contribution in [0.25, 0.3) is 0 Å². The first-order valence-electron chi connectivity index (χ1n) is 16.2. The van der Waals surface area contributed by atoms with Gasteiger partial charge in [0.05, 0.1) is 48.7 Å². The van der Waals surface area contributed by atoms with Gasteiger partial charge in [-0.25, -0.2) is 0 Å². The highest BCUT2D eigenvalue weighted by atomic mass is 16.6. The second-order valence-corrected chi connectivity index (χ2v) is 12.8. The van der Waals surface area contributed by atoms with Crippen molar-refractivity contribution in [1.82, 2.24) is 15.1 Å². The first-order chi connectivity index (χ1) is 21.3. The molecule has 3 amide bonds. The zero-order valence-corrected chi connectivity index (χ0v) is 28.8. The third-order valence-electron chi connectivity index (χ3n) is 9.47. The molecule has 0 bridgehead atoms. The number of methoxy groups -OCH3 is 3.